The minimum atomic E-state index is -1.03. The van der Waals surface area contributed by atoms with E-state index in [-0.39, 0.29) is 0 Å². The summed E-state index contributed by atoms with van der Waals surface area (Å²) in [5.41, 5.74) is -1.03. The van der Waals surface area contributed by atoms with E-state index in [1.807, 2.05) is 0 Å². The van der Waals surface area contributed by atoms with Gasteiger partial charge in [-0.15, -0.1) is 0 Å². The summed E-state index contributed by atoms with van der Waals surface area (Å²) in [6.45, 7) is 0. The number of hydrogen-bond acceptors (Lipinski definition) is 3. The molecule has 2 rings (SSSR count). The van der Waals surface area contributed by atoms with Crippen LogP contribution in [0.2, 0.25) is 0 Å². The van der Waals surface area contributed by atoms with E-state index in [4.69, 9.17) is 4.42 Å². The second kappa shape index (κ2) is 4.90. The first-order chi connectivity index (χ1) is 7.63. The molecule has 0 aromatic carbocycles. The maximum Gasteiger partial charge on any atom is 0.149 e. The van der Waals surface area contributed by atoms with E-state index in [9.17, 15) is 10.2 Å². The maximum absolute atomic E-state index is 10.5. The van der Waals surface area contributed by atoms with Crippen LogP contribution in [0.5, 0.6) is 0 Å². The maximum atomic E-state index is 10.5. The van der Waals surface area contributed by atoms with Crippen LogP contribution in [0.15, 0.2) is 21.2 Å². The molecule has 2 N–H and O–H groups in total. The lowest BCUT2D eigenvalue weighted by Crippen LogP contribution is -2.35. The number of hydrogen-bond donors (Lipinski definition) is 2. The lowest BCUT2D eigenvalue weighted by molar-refractivity contribution is -0.0952. The highest BCUT2D eigenvalue weighted by molar-refractivity contribution is 9.10. The van der Waals surface area contributed by atoms with Crippen LogP contribution in [0.1, 0.15) is 50.4 Å². The van der Waals surface area contributed by atoms with E-state index in [0.29, 0.717) is 18.6 Å². The minimum Gasteiger partial charge on any atom is -0.465 e. The van der Waals surface area contributed by atoms with Gasteiger partial charge in [0.25, 0.3) is 0 Å². The van der Waals surface area contributed by atoms with Crippen molar-refractivity contribution in [1.29, 1.82) is 0 Å². The predicted molar refractivity (Wildman–Crippen MR) is 64.0 cm³/mol. The Morgan fingerprint density at radius 2 is 1.88 bits per heavy atom. The minimum absolute atomic E-state index is 0.435. The van der Waals surface area contributed by atoms with Gasteiger partial charge in [0.2, 0.25) is 0 Å². The SMILES string of the molecule is OC(c1occc1Br)C1(O)CCCCCC1. The fourth-order valence-corrected chi connectivity index (χ4v) is 2.78. The number of rotatable bonds is 2. The van der Waals surface area contributed by atoms with Gasteiger partial charge in [-0.2, -0.15) is 0 Å². The van der Waals surface area contributed by atoms with Crippen LogP contribution in [-0.4, -0.2) is 15.8 Å². The predicted octanol–water partition coefficient (Wildman–Crippen LogP) is 3.16. The van der Waals surface area contributed by atoms with Gasteiger partial charge in [-0.25, -0.2) is 0 Å². The summed E-state index contributed by atoms with van der Waals surface area (Å²) < 4.78 is 5.95. The molecule has 3 nitrogen and oxygen atoms in total. The Labute approximate surface area is 104 Å². The van der Waals surface area contributed by atoms with Crippen molar-refractivity contribution in [3.63, 3.8) is 0 Å². The average molecular weight is 289 g/mol. The van der Waals surface area contributed by atoms with Gasteiger partial charge < -0.3 is 14.6 Å². The fourth-order valence-electron chi connectivity index (χ4n) is 2.36. The van der Waals surface area contributed by atoms with Crippen molar-refractivity contribution in [3.8, 4) is 0 Å². The third kappa shape index (κ3) is 2.34. The quantitative estimate of drug-likeness (QED) is 0.822. The van der Waals surface area contributed by atoms with E-state index < -0.39 is 11.7 Å². The first kappa shape index (κ1) is 12.1. The molecule has 16 heavy (non-hydrogen) atoms. The first-order valence-electron chi connectivity index (χ1n) is 5.77. The van der Waals surface area contributed by atoms with Crippen LogP contribution in [0, 0.1) is 0 Å². The van der Waals surface area contributed by atoms with Crippen LogP contribution < -0.4 is 0 Å². The molecule has 1 saturated carbocycles. The molecule has 0 aliphatic heterocycles. The second-order valence-corrected chi connectivity index (χ2v) is 5.41. The normalized spacial score (nSPS) is 22.7. The van der Waals surface area contributed by atoms with E-state index in [1.54, 1.807) is 6.07 Å². The van der Waals surface area contributed by atoms with Crippen LogP contribution in [0.25, 0.3) is 0 Å². The molecule has 0 bridgehead atoms. The molecule has 1 unspecified atom stereocenters. The van der Waals surface area contributed by atoms with E-state index in [0.717, 1.165) is 30.2 Å². The number of aliphatic hydroxyl groups is 2. The molecular weight excluding hydrogens is 272 g/mol. The molecule has 90 valence electrons. The van der Waals surface area contributed by atoms with E-state index in [1.165, 1.54) is 6.26 Å². The van der Waals surface area contributed by atoms with Crippen LogP contribution in [0.3, 0.4) is 0 Å². The van der Waals surface area contributed by atoms with Crippen molar-refractivity contribution in [2.45, 2.75) is 50.2 Å². The third-order valence-corrected chi connectivity index (χ3v) is 4.03. The van der Waals surface area contributed by atoms with Gasteiger partial charge in [-0.3, -0.25) is 0 Å². The molecule has 1 atom stereocenters. The molecule has 1 heterocycles. The van der Waals surface area contributed by atoms with E-state index in [2.05, 4.69) is 15.9 Å². The number of furan rings is 1. The summed E-state index contributed by atoms with van der Waals surface area (Å²) in [4.78, 5) is 0. The molecule has 0 radical (unpaired) electrons. The summed E-state index contributed by atoms with van der Waals surface area (Å²) in [5, 5.41) is 20.7. The summed E-state index contributed by atoms with van der Waals surface area (Å²) in [6, 6.07) is 1.73. The Morgan fingerprint density at radius 1 is 1.25 bits per heavy atom. The van der Waals surface area contributed by atoms with Crippen molar-refractivity contribution in [2.24, 2.45) is 0 Å². The van der Waals surface area contributed by atoms with Gasteiger partial charge in [0.1, 0.15) is 11.9 Å². The lowest BCUT2D eigenvalue weighted by atomic mass is 9.87. The topological polar surface area (TPSA) is 53.6 Å². The molecule has 1 aromatic rings. The monoisotopic (exact) mass is 288 g/mol. The van der Waals surface area contributed by atoms with E-state index >= 15 is 0 Å². The Bertz CT molecular complexity index is 340. The van der Waals surface area contributed by atoms with Crippen LogP contribution in [-0.2, 0) is 0 Å². The summed E-state index contributed by atoms with van der Waals surface area (Å²) in [5.74, 6) is 0.435. The van der Waals surface area contributed by atoms with Crippen molar-refractivity contribution >= 4 is 15.9 Å². The molecule has 4 heteroatoms. The van der Waals surface area contributed by atoms with Crippen LogP contribution >= 0.6 is 15.9 Å². The standard InChI is InChI=1S/C12H17BrO3/c13-9-5-8-16-10(9)11(14)12(15)6-3-1-2-4-7-12/h5,8,11,14-15H,1-4,6-7H2. The third-order valence-electron chi connectivity index (χ3n) is 3.37. The molecule has 1 aromatic heterocycles. The zero-order valence-electron chi connectivity index (χ0n) is 9.16. The van der Waals surface area contributed by atoms with Crippen LogP contribution in [0.4, 0.5) is 0 Å². The van der Waals surface area contributed by atoms with Gasteiger partial charge in [0, 0.05) is 0 Å². The molecule has 0 saturated heterocycles. The number of halogens is 1. The van der Waals surface area contributed by atoms with Crippen molar-refractivity contribution in [3.05, 3.63) is 22.6 Å². The molecule has 1 aliphatic carbocycles. The zero-order chi connectivity index (χ0) is 11.6. The largest absolute Gasteiger partial charge is 0.465 e. The molecule has 0 spiro atoms. The van der Waals surface area contributed by atoms with Gasteiger partial charge in [0.15, 0.2) is 0 Å². The summed E-state index contributed by atoms with van der Waals surface area (Å²) >= 11 is 3.31. The highest BCUT2D eigenvalue weighted by Gasteiger charge is 2.39. The molecule has 1 fully saturated rings. The summed E-state index contributed by atoms with van der Waals surface area (Å²) in [6.07, 6.45) is 6.06. The highest BCUT2D eigenvalue weighted by atomic mass is 79.9. The van der Waals surface area contributed by atoms with Gasteiger partial charge >= 0.3 is 0 Å². The summed E-state index contributed by atoms with van der Waals surface area (Å²) in [7, 11) is 0. The first-order valence-corrected chi connectivity index (χ1v) is 6.56. The molecular formula is C12H17BrO3. The van der Waals surface area contributed by atoms with Gasteiger partial charge in [-0.1, -0.05) is 25.7 Å². The Hall–Kier alpha value is -0.320. The van der Waals surface area contributed by atoms with Crippen molar-refractivity contribution in [2.75, 3.05) is 0 Å². The molecule has 1 aliphatic rings. The van der Waals surface area contributed by atoms with Gasteiger partial charge in [0.05, 0.1) is 16.3 Å². The highest BCUT2D eigenvalue weighted by Crippen LogP contribution is 2.39. The van der Waals surface area contributed by atoms with Crippen molar-refractivity contribution < 1.29 is 14.6 Å². The lowest BCUT2D eigenvalue weighted by Gasteiger charge is -2.31. The fraction of sp³-hybridized carbons (Fsp3) is 0.667. The number of aliphatic hydroxyl groups excluding tert-OH is 1. The Kier molecular flexibility index (Phi) is 3.72. The average Bonchev–Trinajstić information content (AvgIpc) is 2.55. The Balaban J connectivity index is 2.18. The molecule has 0 amide bonds. The van der Waals surface area contributed by atoms with Crippen molar-refractivity contribution in [1.82, 2.24) is 0 Å². The van der Waals surface area contributed by atoms with Gasteiger partial charge in [-0.05, 0) is 34.8 Å². The zero-order valence-corrected chi connectivity index (χ0v) is 10.7. The Morgan fingerprint density at radius 3 is 2.38 bits per heavy atom. The second-order valence-electron chi connectivity index (χ2n) is 4.55. The smallest absolute Gasteiger partial charge is 0.149 e.